The Bertz CT molecular complexity index is 469. The summed E-state index contributed by atoms with van der Waals surface area (Å²) in [5, 5.41) is 13.7. The number of aliphatic hydroxyl groups excluding tert-OH is 1. The first kappa shape index (κ1) is 15.0. The summed E-state index contributed by atoms with van der Waals surface area (Å²) in [6.45, 7) is 0.812. The molecule has 110 valence electrons. The highest BCUT2D eigenvalue weighted by Crippen LogP contribution is 2.47. The molecular formula is C14H20N2O3S. The molecule has 0 atom stereocenters. The van der Waals surface area contributed by atoms with Crippen molar-refractivity contribution in [1.29, 1.82) is 0 Å². The molecule has 1 aromatic heterocycles. The molecule has 0 aliphatic heterocycles. The molecule has 1 saturated carbocycles. The molecule has 1 heterocycles. The van der Waals surface area contributed by atoms with Gasteiger partial charge in [-0.3, -0.25) is 9.59 Å². The molecule has 1 aliphatic rings. The van der Waals surface area contributed by atoms with Crippen molar-refractivity contribution in [3.8, 4) is 0 Å². The van der Waals surface area contributed by atoms with Gasteiger partial charge in [0.15, 0.2) is 0 Å². The molecule has 1 fully saturated rings. The Hall–Kier alpha value is -1.40. The van der Waals surface area contributed by atoms with Gasteiger partial charge in [0.25, 0.3) is 5.91 Å². The van der Waals surface area contributed by atoms with Crippen molar-refractivity contribution < 1.29 is 14.7 Å². The average molecular weight is 296 g/mol. The fourth-order valence-corrected chi connectivity index (χ4v) is 2.86. The van der Waals surface area contributed by atoms with E-state index < -0.39 is 0 Å². The van der Waals surface area contributed by atoms with Crippen LogP contribution in [0.25, 0.3) is 0 Å². The lowest BCUT2D eigenvalue weighted by Crippen LogP contribution is -2.40. The Labute approximate surface area is 122 Å². The maximum atomic E-state index is 12.0. The number of aliphatic hydroxyl groups is 1. The fourth-order valence-electron chi connectivity index (χ4n) is 2.15. The van der Waals surface area contributed by atoms with Crippen molar-refractivity contribution in [3.63, 3.8) is 0 Å². The number of hydrogen-bond acceptors (Lipinski definition) is 4. The van der Waals surface area contributed by atoms with E-state index in [9.17, 15) is 9.59 Å². The maximum absolute atomic E-state index is 12.0. The number of carbonyl (C=O) groups excluding carboxylic acids is 2. The summed E-state index contributed by atoms with van der Waals surface area (Å²) < 4.78 is 0. The monoisotopic (exact) mass is 296 g/mol. The number of hydrogen-bond donors (Lipinski definition) is 2. The zero-order chi connectivity index (χ0) is 14.6. The van der Waals surface area contributed by atoms with E-state index >= 15 is 0 Å². The van der Waals surface area contributed by atoms with E-state index in [2.05, 4.69) is 5.32 Å². The van der Waals surface area contributed by atoms with Crippen molar-refractivity contribution in [2.75, 3.05) is 26.7 Å². The van der Waals surface area contributed by atoms with Crippen LogP contribution in [0.2, 0.25) is 0 Å². The molecular weight excluding hydrogens is 276 g/mol. The molecule has 5 nitrogen and oxygen atoms in total. The van der Waals surface area contributed by atoms with Crippen LogP contribution < -0.4 is 5.32 Å². The van der Waals surface area contributed by atoms with Gasteiger partial charge in [0, 0.05) is 20.2 Å². The minimum absolute atomic E-state index is 0.0614. The summed E-state index contributed by atoms with van der Waals surface area (Å²) in [7, 11) is 1.63. The molecule has 0 radical (unpaired) electrons. The second kappa shape index (κ2) is 6.37. The largest absolute Gasteiger partial charge is 0.396 e. The van der Waals surface area contributed by atoms with Crippen LogP contribution in [0, 0.1) is 5.41 Å². The molecule has 6 heteroatoms. The van der Waals surface area contributed by atoms with Gasteiger partial charge in [-0.05, 0) is 36.1 Å². The van der Waals surface area contributed by atoms with Gasteiger partial charge in [0.1, 0.15) is 0 Å². The lowest BCUT2D eigenvalue weighted by Gasteiger charge is -2.18. The maximum Gasteiger partial charge on any atom is 0.264 e. The number of thiophene rings is 1. The highest BCUT2D eigenvalue weighted by molar-refractivity contribution is 7.12. The lowest BCUT2D eigenvalue weighted by atomic mass is 10.0. The van der Waals surface area contributed by atoms with Gasteiger partial charge in [-0.25, -0.2) is 0 Å². The summed E-state index contributed by atoms with van der Waals surface area (Å²) in [6.07, 6.45) is 2.84. The molecule has 2 amide bonds. The van der Waals surface area contributed by atoms with Crippen molar-refractivity contribution in [3.05, 3.63) is 22.4 Å². The van der Waals surface area contributed by atoms with E-state index in [1.165, 1.54) is 16.2 Å². The predicted molar refractivity (Wildman–Crippen MR) is 77.7 cm³/mol. The van der Waals surface area contributed by atoms with Gasteiger partial charge in [0.2, 0.25) is 5.91 Å². The standard InChI is InChI=1S/C14H20N2O3S/c1-16(13(19)11-3-2-8-20-11)9-12(18)15-10-14(4-5-14)6-7-17/h2-3,8,17H,4-7,9-10H2,1H3,(H,15,18). The second-order valence-corrected chi connectivity index (χ2v) is 6.34. The van der Waals surface area contributed by atoms with Gasteiger partial charge in [-0.1, -0.05) is 6.07 Å². The molecule has 1 aromatic rings. The quantitative estimate of drug-likeness (QED) is 0.791. The van der Waals surface area contributed by atoms with E-state index in [1.54, 1.807) is 13.1 Å². The third-order valence-corrected chi connectivity index (χ3v) is 4.58. The predicted octanol–water partition coefficient (Wildman–Crippen LogP) is 1.10. The van der Waals surface area contributed by atoms with Gasteiger partial charge in [0.05, 0.1) is 11.4 Å². The van der Waals surface area contributed by atoms with Gasteiger partial charge in [-0.2, -0.15) is 0 Å². The Kier molecular flexibility index (Phi) is 4.77. The Morgan fingerprint density at radius 1 is 1.50 bits per heavy atom. The molecule has 0 unspecified atom stereocenters. The number of likely N-dealkylation sites (N-methyl/N-ethyl adjacent to an activating group) is 1. The molecule has 0 aromatic carbocycles. The van der Waals surface area contributed by atoms with Crippen LogP contribution in [0.5, 0.6) is 0 Å². The summed E-state index contributed by atoms with van der Waals surface area (Å²) in [6, 6.07) is 3.57. The highest BCUT2D eigenvalue weighted by atomic mass is 32.1. The van der Waals surface area contributed by atoms with Gasteiger partial charge in [-0.15, -0.1) is 11.3 Å². The van der Waals surface area contributed by atoms with Crippen LogP contribution in [0.1, 0.15) is 28.9 Å². The number of carbonyl (C=O) groups is 2. The third-order valence-electron chi connectivity index (χ3n) is 3.72. The van der Waals surface area contributed by atoms with Crippen molar-refractivity contribution in [2.45, 2.75) is 19.3 Å². The Balaban J connectivity index is 1.75. The first-order valence-corrected chi connectivity index (χ1v) is 7.61. The van der Waals surface area contributed by atoms with Gasteiger partial charge < -0.3 is 15.3 Å². The van der Waals surface area contributed by atoms with Crippen LogP contribution in [0.4, 0.5) is 0 Å². The third kappa shape index (κ3) is 3.80. The van der Waals surface area contributed by atoms with E-state index in [0.717, 1.165) is 19.3 Å². The smallest absolute Gasteiger partial charge is 0.264 e. The number of amides is 2. The van der Waals surface area contributed by atoms with Crippen LogP contribution in [0.3, 0.4) is 0 Å². The van der Waals surface area contributed by atoms with Crippen LogP contribution in [0.15, 0.2) is 17.5 Å². The van der Waals surface area contributed by atoms with Gasteiger partial charge >= 0.3 is 0 Å². The first-order valence-electron chi connectivity index (χ1n) is 6.73. The molecule has 0 spiro atoms. The molecule has 1 aliphatic carbocycles. The van der Waals surface area contributed by atoms with Crippen molar-refractivity contribution in [1.82, 2.24) is 10.2 Å². The minimum Gasteiger partial charge on any atom is -0.396 e. The van der Waals surface area contributed by atoms with E-state index in [4.69, 9.17) is 5.11 Å². The molecule has 2 rings (SSSR count). The van der Waals surface area contributed by atoms with E-state index in [-0.39, 0.29) is 30.4 Å². The van der Waals surface area contributed by atoms with E-state index in [1.807, 2.05) is 11.4 Å². The molecule has 0 saturated heterocycles. The molecule has 2 N–H and O–H groups in total. The zero-order valence-corrected chi connectivity index (χ0v) is 12.4. The lowest BCUT2D eigenvalue weighted by molar-refractivity contribution is -0.121. The fraction of sp³-hybridized carbons (Fsp3) is 0.571. The van der Waals surface area contributed by atoms with Crippen molar-refractivity contribution >= 4 is 23.2 Å². The topological polar surface area (TPSA) is 69.6 Å². The Morgan fingerprint density at radius 2 is 2.25 bits per heavy atom. The van der Waals surface area contributed by atoms with Crippen molar-refractivity contribution in [2.24, 2.45) is 5.41 Å². The SMILES string of the molecule is CN(CC(=O)NCC1(CCO)CC1)C(=O)c1cccs1. The molecule has 20 heavy (non-hydrogen) atoms. The average Bonchev–Trinajstić information content (AvgIpc) is 2.98. The minimum atomic E-state index is -0.151. The zero-order valence-electron chi connectivity index (χ0n) is 11.6. The number of rotatable bonds is 7. The summed E-state index contributed by atoms with van der Waals surface area (Å²) in [5.41, 5.74) is 0.0980. The Morgan fingerprint density at radius 3 is 2.80 bits per heavy atom. The number of nitrogens with one attached hydrogen (secondary N) is 1. The summed E-state index contributed by atoms with van der Waals surface area (Å²) in [4.78, 5) is 25.9. The first-order chi connectivity index (χ1) is 9.56. The summed E-state index contributed by atoms with van der Waals surface area (Å²) in [5.74, 6) is -0.284. The van der Waals surface area contributed by atoms with Crippen LogP contribution in [-0.2, 0) is 4.79 Å². The highest BCUT2D eigenvalue weighted by Gasteiger charge is 2.41. The van der Waals surface area contributed by atoms with E-state index in [0.29, 0.717) is 11.4 Å². The normalized spacial score (nSPS) is 15.7. The van der Waals surface area contributed by atoms with Crippen LogP contribution >= 0.6 is 11.3 Å². The van der Waals surface area contributed by atoms with Crippen LogP contribution in [-0.4, -0.2) is 48.6 Å². The number of nitrogens with zero attached hydrogens (tertiary/aromatic N) is 1. The molecule has 0 bridgehead atoms. The second-order valence-electron chi connectivity index (χ2n) is 5.39. The summed E-state index contributed by atoms with van der Waals surface area (Å²) >= 11 is 1.37.